The Kier molecular flexibility index (Phi) is 8.98. The number of ether oxygens (including phenoxy) is 1. The average molecular weight is 410 g/mol. The highest BCUT2D eigenvalue weighted by Crippen LogP contribution is 2.22. The van der Waals surface area contributed by atoms with Crippen LogP contribution in [0.5, 0.6) is 0 Å². The molecule has 0 atom stereocenters. The maximum Gasteiger partial charge on any atom is 0.410 e. The summed E-state index contributed by atoms with van der Waals surface area (Å²) in [5, 5.41) is 6.44. The molecule has 0 radical (unpaired) electrons. The van der Waals surface area contributed by atoms with Crippen molar-refractivity contribution in [3.05, 3.63) is 17.8 Å². The first-order chi connectivity index (χ1) is 13.3. The van der Waals surface area contributed by atoms with Crippen molar-refractivity contribution in [2.24, 2.45) is 4.99 Å². The normalized spacial score (nSPS) is 12.8. The number of rotatable bonds is 7. The molecule has 166 valence electrons. The average Bonchev–Trinajstić information content (AvgIpc) is 3.04. The number of nitrogens with zero attached hydrogens (tertiary/aromatic N) is 3. The molecule has 0 spiro atoms. The zero-order valence-corrected chi connectivity index (χ0v) is 19.5. The second kappa shape index (κ2) is 10.5. The number of aliphatic imine (C=N–C) groups is 1. The van der Waals surface area contributed by atoms with Crippen LogP contribution in [0.1, 0.15) is 73.5 Å². The van der Waals surface area contributed by atoms with Gasteiger partial charge in [0.15, 0.2) is 5.96 Å². The summed E-state index contributed by atoms with van der Waals surface area (Å²) in [6.45, 7) is 17.6. The fraction of sp³-hybridized carbons (Fsp3) is 0.762. The first-order valence-corrected chi connectivity index (χ1v) is 10.2. The predicted octanol–water partition coefficient (Wildman–Crippen LogP) is 3.67. The van der Waals surface area contributed by atoms with Crippen molar-refractivity contribution in [2.45, 2.75) is 85.4 Å². The van der Waals surface area contributed by atoms with E-state index in [9.17, 15) is 4.79 Å². The van der Waals surface area contributed by atoms with E-state index < -0.39 is 5.60 Å². The number of hydrogen-bond acceptors (Lipinski definition) is 5. The van der Waals surface area contributed by atoms with E-state index in [2.05, 4.69) is 41.4 Å². The molecule has 0 bridgehead atoms. The lowest BCUT2D eigenvalue weighted by atomic mass is 9.94. The van der Waals surface area contributed by atoms with E-state index in [-0.39, 0.29) is 17.6 Å². The molecule has 0 aliphatic carbocycles. The Hall–Kier alpha value is -2.25. The Morgan fingerprint density at radius 1 is 1.24 bits per heavy atom. The van der Waals surface area contributed by atoms with Crippen LogP contribution in [0.4, 0.5) is 4.79 Å². The van der Waals surface area contributed by atoms with Gasteiger partial charge in [-0.05, 0) is 41.0 Å². The van der Waals surface area contributed by atoms with Gasteiger partial charge in [0, 0.05) is 31.6 Å². The topological polar surface area (TPSA) is 92.0 Å². The molecule has 8 heteroatoms. The summed E-state index contributed by atoms with van der Waals surface area (Å²) in [4.78, 5) is 22.6. The molecule has 2 N–H and O–H groups in total. The molecule has 0 aliphatic rings. The number of aromatic nitrogens is 1. The molecule has 1 aromatic heterocycles. The molecule has 0 aromatic carbocycles. The van der Waals surface area contributed by atoms with Crippen molar-refractivity contribution < 1.29 is 13.9 Å². The molecule has 0 saturated heterocycles. The third-order valence-corrected chi connectivity index (χ3v) is 4.04. The zero-order valence-electron chi connectivity index (χ0n) is 19.5. The van der Waals surface area contributed by atoms with Gasteiger partial charge in [0.1, 0.15) is 11.4 Å². The van der Waals surface area contributed by atoms with E-state index in [0.717, 1.165) is 12.2 Å². The van der Waals surface area contributed by atoms with Gasteiger partial charge in [-0.2, -0.15) is 0 Å². The Labute approximate surface area is 175 Å². The molecule has 1 rings (SSSR count). The predicted molar refractivity (Wildman–Crippen MR) is 116 cm³/mol. The number of carbonyl (C=O) groups is 1. The number of carbonyl (C=O) groups excluding carboxylic acids is 1. The molecule has 29 heavy (non-hydrogen) atoms. The van der Waals surface area contributed by atoms with Crippen LogP contribution in [0, 0.1) is 0 Å². The SMILES string of the molecule is CN=C(NCCCN(C(=O)OC(C)(C)C)C(C)C)NCc1ncc(C(C)(C)C)o1. The summed E-state index contributed by atoms with van der Waals surface area (Å²) in [7, 11) is 1.71. The van der Waals surface area contributed by atoms with E-state index in [1.54, 1.807) is 18.1 Å². The van der Waals surface area contributed by atoms with Crippen LogP contribution in [0.25, 0.3) is 0 Å². The summed E-state index contributed by atoms with van der Waals surface area (Å²) >= 11 is 0. The van der Waals surface area contributed by atoms with Crippen molar-refractivity contribution >= 4 is 12.1 Å². The minimum absolute atomic E-state index is 0.0679. The molecule has 8 nitrogen and oxygen atoms in total. The molecule has 1 heterocycles. The molecule has 0 fully saturated rings. The van der Waals surface area contributed by atoms with Gasteiger partial charge in [-0.15, -0.1) is 0 Å². The molecule has 1 aromatic rings. The van der Waals surface area contributed by atoms with E-state index in [4.69, 9.17) is 9.15 Å². The van der Waals surface area contributed by atoms with Crippen LogP contribution in [-0.4, -0.2) is 53.7 Å². The maximum atomic E-state index is 12.3. The van der Waals surface area contributed by atoms with Crippen LogP contribution in [-0.2, 0) is 16.7 Å². The Morgan fingerprint density at radius 2 is 1.90 bits per heavy atom. The van der Waals surface area contributed by atoms with Gasteiger partial charge < -0.3 is 24.7 Å². The highest BCUT2D eigenvalue weighted by Gasteiger charge is 2.23. The molecule has 0 saturated carbocycles. The van der Waals surface area contributed by atoms with Crippen molar-refractivity contribution in [2.75, 3.05) is 20.1 Å². The first-order valence-electron chi connectivity index (χ1n) is 10.2. The number of guanidine groups is 1. The molecule has 0 unspecified atom stereocenters. The fourth-order valence-corrected chi connectivity index (χ4v) is 2.46. The summed E-state index contributed by atoms with van der Waals surface area (Å²) in [5.41, 5.74) is -0.567. The molecule has 0 aliphatic heterocycles. The summed E-state index contributed by atoms with van der Waals surface area (Å²) in [6, 6.07) is 0.0735. The smallest absolute Gasteiger partial charge is 0.410 e. The quantitative estimate of drug-likeness (QED) is 0.405. The van der Waals surface area contributed by atoms with E-state index in [1.165, 1.54) is 0 Å². The number of hydrogen-bond donors (Lipinski definition) is 2. The van der Waals surface area contributed by atoms with Gasteiger partial charge in [-0.1, -0.05) is 20.8 Å². The minimum atomic E-state index is -0.499. The van der Waals surface area contributed by atoms with Gasteiger partial charge >= 0.3 is 6.09 Å². The van der Waals surface area contributed by atoms with Crippen LogP contribution in [0.2, 0.25) is 0 Å². The van der Waals surface area contributed by atoms with Crippen molar-refractivity contribution in [1.29, 1.82) is 0 Å². The zero-order chi connectivity index (χ0) is 22.2. The minimum Gasteiger partial charge on any atom is -0.444 e. The van der Waals surface area contributed by atoms with Crippen molar-refractivity contribution in [3.63, 3.8) is 0 Å². The lowest BCUT2D eigenvalue weighted by molar-refractivity contribution is 0.0190. The van der Waals surface area contributed by atoms with Gasteiger partial charge in [-0.25, -0.2) is 9.78 Å². The number of amides is 1. The summed E-state index contributed by atoms with van der Waals surface area (Å²) < 4.78 is 11.3. The Balaban J connectivity index is 2.44. The highest BCUT2D eigenvalue weighted by atomic mass is 16.6. The van der Waals surface area contributed by atoms with E-state index >= 15 is 0 Å². The maximum absolute atomic E-state index is 12.3. The second-order valence-electron chi connectivity index (χ2n) is 9.34. The van der Waals surface area contributed by atoms with Crippen LogP contribution in [0.3, 0.4) is 0 Å². The van der Waals surface area contributed by atoms with Gasteiger partial charge in [0.2, 0.25) is 5.89 Å². The second-order valence-corrected chi connectivity index (χ2v) is 9.34. The van der Waals surface area contributed by atoms with Crippen LogP contribution < -0.4 is 10.6 Å². The third kappa shape index (κ3) is 9.19. The van der Waals surface area contributed by atoms with Crippen LogP contribution >= 0.6 is 0 Å². The summed E-state index contributed by atoms with van der Waals surface area (Å²) in [5.74, 6) is 2.14. The number of oxazole rings is 1. The highest BCUT2D eigenvalue weighted by molar-refractivity contribution is 5.79. The Bertz CT molecular complexity index is 669. The molecule has 1 amide bonds. The van der Waals surface area contributed by atoms with Crippen molar-refractivity contribution in [3.8, 4) is 0 Å². The standard InChI is InChI=1S/C21H39N5O3/c1-15(2)26(19(27)29-21(6,7)8)12-10-11-23-18(22-9)25-14-17-24-13-16(28-17)20(3,4)5/h13,15H,10-12,14H2,1-9H3,(H2,22,23,25). The largest absolute Gasteiger partial charge is 0.444 e. The lowest BCUT2D eigenvalue weighted by Gasteiger charge is -2.30. The van der Waals surface area contributed by atoms with Gasteiger partial charge in [0.05, 0.1) is 12.7 Å². The van der Waals surface area contributed by atoms with Gasteiger partial charge in [-0.3, -0.25) is 4.99 Å². The van der Waals surface area contributed by atoms with Crippen molar-refractivity contribution in [1.82, 2.24) is 20.5 Å². The van der Waals surface area contributed by atoms with E-state index in [1.807, 2.05) is 34.6 Å². The number of nitrogens with one attached hydrogen (secondary N) is 2. The van der Waals surface area contributed by atoms with E-state index in [0.29, 0.717) is 31.5 Å². The third-order valence-electron chi connectivity index (χ3n) is 4.04. The Morgan fingerprint density at radius 3 is 2.38 bits per heavy atom. The van der Waals surface area contributed by atoms with Crippen LogP contribution in [0.15, 0.2) is 15.6 Å². The summed E-state index contributed by atoms with van der Waals surface area (Å²) in [6.07, 6.45) is 2.25. The molecular formula is C21H39N5O3. The lowest BCUT2D eigenvalue weighted by Crippen LogP contribution is -2.43. The monoisotopic (exact) mass is 409 g/mol. The molecular weight excluding hydrogens is 370 g/mol. The fourth-order valence-electron chi connectivity index (χ4n) is 2.46. The van der Waals surface area contributed by atoms with Gasteiger partial charge in [0.25, 0.3) is 0 Å². The first kappa shape index (κ1) is 24.8.